The van der Waals surface area contributed by atoms with Crippen LogP contribution in [0.4, 0.5) is 0 Å². The molecule has 0 bridgehead atoms. The third-order valence-electron chi connectivity index (χ3n) is 1.42. The minimum Gasteiger partial charge on any atom is -0.486 e. The summed E-state index contributed by atoms with van der Waals surface area (Å²) in [6.07, 6.45) is 0.562. The van der Waals surface area contributed by atoms with Gasteiger partial charge in [0.2, 0.25) is 5.78 Å². The van der Waals surface area contributed by atoms with Gasteiger partial charge in [0, 0.05) is 0 Å². The van der Waals surface area contributed by atoms with E-state index in [1.807, 2.05) is 30.3 Å². The van der Waals surface area contributed by atoms with Crippen LogP contribution in [0, 0.1) is 0 Å². The van der Waals surface area contributed by atoms with Crippen LogP contribution >= 0.6 is 9.24 Å². The zero-order valence-electron chi connectivity index (χ0n) is 6.82. The maximum absolute atomic E-state index is 10.9. The van der Waals surface area contributed by atoms with Crippen molar-refractivity contribution in [2.45, 2.75) is 0 Å². The molecule has 1 unspecified atom stereocenters. The van der Waals surface area contributed by atoms with Gasteiger partial charge in [0.15, 0.2) is 6.61 Å². The summed E-state index contributed by atoms with van der Waals surface area (Å²) in [6.45, 7) is 0.188. The number of Topliss-reactive ketones (excluding diaryl/α,β-unsaturated/α-hetero) is 1. The summed E-state index contributed by atoms with van der Waals surface area (Å²) in [5.41, 5.74) is 0. The molecule has 0 amide bonds. The second-order valence-corrected chi connectivity index (χ2v) is 2.89. The highest BCUT2D eigenvalue weighted by molar-refractivity contribution is 7.18. The molecule has 0 aliphatic heterocycles. The smallest absolute Gasteiger partial charge is 0.206 e. The Hall–Kier alpha value is -0.880. The predicted octanol–water partition coefficient (Wildman–Crippen LogP) is 1.24. The SMILES string of the molecule is O=C(C[PH3+])COc1ccccc1. The summed E-state index contributed by atoms with van der Waals surface area (Å²) in [7, 11) is 1.65. The Kier molecular flexibility index (Phi) is 3.75. The van der Waals surface area contributed by atoms with Crippen LogP contribution in [-0.2, 0) is 4.79 Å². The molecule has 0 saturated heterocycles. The van der Waals surface area contributed by atoms with E-state index in [0.29, 0.717) is 6.16 Å². The van der Waals surface area contributed by atoms with Gasteiger partial charge in [-0.3, -0.25) is 4.79 Å². The maximum atomic E-state index is 10.9. The first-order valence-corrected chi connectivity index (χ1v) is 4.81. The standard InChI is InChI=1S/C9H11O2P/c10-8(7-12)6-11-9-4-2-1-3-5-9/h1-5H,6-7,12H2/p+1. The molecule has 0 fully saturated rings. The molecular formula is C9H12O2P+. The molecule has 0 spiro atoms. The van der Waals surface area contributed by atoms with Crippen molar-refractivity contribution in [1.29, 1.82) is 0 Å². The highest BCUT2D eigenvalue weighted by Crippen LogP contribution is 2.07. The van der Waals surface area contributed by atoms with Crippen LogP contribution in [0.2, 0.25) is 0 Å². The van der Waals surface area contributed by atoms with Crippen LogP contribution < -0.4 is 4.74 Å². The van der Waals surface area contributed by atoms with Crippen molar-refractivity contribution in [1.82, 2.24) is 0 Å². The van der Waals surface area contributed by atoms with Gasteiger partial charge < -0.3 is 4.74 Å². The molecule has 1 aromatic rings. The molecule has 3 heteroatoms. The zero-order valence-corrected chi connectivity index (χ0v) is 8.24. The Morgan fingerprint density at radius 2 is 2.00 bits per heavy atom. The second kappa shape index (κ2) is 4.89. The second-order valence-electron chi connectivity index (χ2n) is 2.39. The van der Waals surface area contributed by atoms with Crippen LogP contribution in [0.25, 0.3) is 0 Å². The van der Waals surface area contributed by atoms with E-state index < -0.39 is 0 Å². The number of carbonyl (C=O) groups excluding carboxylic acids is 1. The Labute approximate surface area is 74.1 Å². The van der Waals surface area contributed by atoms with Crippen LogP contribution in [0.15, 0.2) is 30.3 Å². The Morgan fingerprint density at radius 3 is 2.58 bits per heavy atom. The fraction of sp³-hybridized carbons (Fsp3) is 0.222. The molecule has 1 atom stereocenters. The lowest BCUT2D eigenvalue weighted by molar-refractivity contribution is -0.118. The van der Waals surface area contributed by atoms with Gasteiger partial charge in [0.05, 0.1) is 0 Å². The maximum Gasteiger partial charge on any atom is 0.206 e. The molecule has 1 aromatic carbocycles. The first-order valence-electron chi connectivity index (χ1n) is 3.81. The quantitative estimate of drug-likeness (QED) is 0.656. The molecule has 0 aliphatic rings. The molecule has 0 heterocycles. The van der Waals surface area contributed by atoms with Gasteiger partial charge in [0.25, 0.3) is 0 Å². The van der Waals surface area contributed by atoms with Crippen molar-refractivity contribution < 1.29 is 9.53 Å². The van der Waals surface area contributed by atoms with Gasteiger partial charge in [-0.05, 0) is 21.4 Å². The fourth-order valence-electron chi connectivity index (χ4n) is 0.753. The number of carbonyl (C=O) groups is 1. The van der Waals surface area contributed by atoms with E-state index in [1.165, 1.54) is 0 Å². The molecule has 0 N–H and O–H groups in total. The van der Waals surface area contributed by atoms with Crippen molar-refractivity contribution in [2.24, 2.45) is 0 Å². The Balaban J connectivity index is 2.38. The van der Waals surface area contributed by atoms with E-state index in [1.54, 1.807) is 9.24 Å². The summed E-state index contributed by atoms with van der Waals surface area (Å²) in [5.74, 6) is 0.889. The molecule has 64 valence electrons. The first kappa shape index (κ1) is 9.21. The van der Waals surface area contributed by atoms with Gasteiger partial charge >= 0.3 is 0 Å². The van der Waals surface area contributed by atoms with Crippen LogP contribution in [0.5, 0.6) is 5.75 Å². The fourth-order valence-corrected chi connectivity index (χ4v) is 0.897. The summed E-state index contributed by atoms with van der Waals surface area (Å²) < 4.78 is 5.21. The highest BCUT2D eigenvalue weighted by Gasteiger charge is 2.00. The van der Waals surface area contributed by atoms with Crippen LogP contribution in [-0.4, -0.2) is 18.6 Å². The zero-order chi connectivity index (χ0) is 8.81. The van der Waals surface area contributed by atoms with E-state index in [0.717, 1.165) is 5.75 Å². The monoisotopic (exact) mass is 183 g/mol. The van der Waals surface area contributed by atoms with Crippen molar-refractivity contribution in [2.75, 3.05) is 12.8 Å². The van der Waals surface area contributed by atoms with E-state index in [2.05, 4.69) is 0 Å². The van der Waals surface area contributed by atoms with Crippen LogP contribution in [0.3, 0.4) is 0 Å². The van der Waals surface area contributed by atoms with E-state index in [9.17, 15) is 4.79 Å². The summed E-state index contributed by atoms with van der Waals surface area (Å²) >= 11 is 0. The lowest BCUT2D eigenvalue weighted by Crippen LogP contribution is -2.11. The molecule has 1 rings (SSSR count). The van der Waals surface area contributed by atoms with Crippen molar-refractivity contribution in [3.05, 3.63) is 30.3 Å². The van der Waals surface area contributed by atoms with Crippen molar-refractivity contribution >= 4 is 15.0 Å². The lowest BCUT2D eigenvalue weighted by atomic mass is 10.3. The number of para-hydroxylation sites is 1. The van der Waals surface area contributed by atoms with Gasteiger partial charge in [-0.15, -0.1) is 0 Å². The molecule has 0 aromatic heterocycles. The molecule has 0 saturated carbocycles. The van der Waals surface area contributed by atoms with Gasteiger partial charge in [-0.1, -0.05) is 18.2 Å². The normalized spacial score (nSPS) is 9.67. The minimum atomic E-state index is 0.136. The average Bonchev–Trinajstić information content (AvgIpc) is 2.16. The summed E-state index contributed by atoms with van der Waals surface area (Å²) in [4.78, 5) is 10.9. The number of rotatable bonds is 4. The van der Waals surface area contributed by atoms with E-state index in [-0.39, 0.29) is 12.4 Å². The number of ketones is 1. The Morgan fingerprint density at radius 1 is 1.33 bits per heavy atom. The van der Waals surface area contributed by atoms with Gasteiger partial charge in [-0.2, -0.15) is 0 Å². The van der Waals surface area contributed by atoms with Crippen molar-refractivity contribution in [3.63, 3.8) is 0 Å². The number of hydrogen-bond donors (Lipinski definition) is 0. The topological polar surface area (TPSA) is 26.3 Å². The first-order chi connectivity index (χ1) is 5.83. The van der Waals surface area contributed by atoms with E-state index in [4.69, 9.17) is 4.74 Å². The van der Waals surface area contributed by atoms with Crippen molar-refractivity contribution in [3.8, 4) is 5.75 Å². The van der Waals surface area contributed by atoms with Crippen LogP contribution in [0.1, 0.15) is 0 Å². The molecular weight excluding hydrogens is 171 g/mol. The average molecular weight is 183 g/mol. The third-order valence-corrected chi connectivity index (χ3v) is 1.98. The van der Waals surface area contributed by atoms with E-state index >= 15 is 0 Å². The summed E-state index contributed by atoms with van der Waals surface area (Å²) in [6, 6.07) is 9.35. The summed E-state index contributed by atoms with van der Waals surface area (Å²) in [5, 5.41) is 0. The highest BCUT2D eigenvalue weighted by atomic mass is 31.0. The molecule has 0 radical (unpaired) electrons. The molecule has 2 nitrogen and oxygen atoms in total. The minimum absolute atomic E-state index is 0.136. The number of hydrogen-bond acceptors (Lipinski definition) is 2. The largest absolute Gasteiger partial charge is 0.486 e. The lowest BCUT2D eigenvalue weighted by Gasteiger charge is -2.01. The molecule has 0 aliphatic carbocycles. The number of ether oxygens (including phenoxy) is 1. The third kappa shape index (κ3) is 3.02. The van der Waals surface area contributed by atoms with Gasteiger partial charge in [0.1, 0.15) is 11.9 Å². The predicted molar refractivity (Wildman–Crippen MR) is 52.9 cm³/mol. The van der Waals surface area contributed by atoms with Gasteiger partial charge in [-0.25, -0.2) is 0 Å². The molecule has 12 heavy (non-hydrogen) atoms. The Bertz CT molecular complexity index is 246. The number of benzene rings is 1.